The summed E-state index contributed by atoms with van der Waals surface area (Å²) in [7, 11) is 4.38. The highest BCUT2D eigenvalue weighted by Gasteiger charge is 2.15. The molecular weight excluding hydrogens is 186 g/mol. The summed E-state index contributed by atoms with van der Waals surface area (Å²) < 4.78 is 9.45. The first-order chi connectivity index (χ1) is 6.72. The fourth-order valence-electron chi connectivity index (χ4n) is 0.892. The molecule has 0 radical (unpaired) electrons. The molecule has 0 aliphatic heterocycles. The van der Waals surface area contributed by atoms with E-state index in [1.165, 1.54) is 20.4 Å². The molecular formula is C8H11N3O3. The van der Waals surface area contributed by atoms with Gasteiger partial charge in [-0.25, -0.2) is 9.78 Å². The van der Waals surface area contributed by atoms with E-state index < -0.39 is 5.97 Å². The molecule has 1 heterocycles. The minimum Gasteiger partial charge on any atom is -0.480 e. The van der Waals surface area contributed by atoms with Crippen LogP contribution in [0.4, 0.5) is 5.95 Å². The number of esters is 1. The van der Waals surface area contributed by atoms with Crippen LogP contribution in [0.2, 0.25) is 0 Å². The van der Waals surface area contributed by atoms with Crippen molar-refractivity contribution in [3.8, 4) is 5.88 Å². The molecule has 0 saturated heterocycles. The predicted molar refractivity (Wildman–Crippen MR) is 49.5 cm³/mol. The molecule has 6 nitrogen and oxygen atoms in total. The van der Waals surface area contributed by atoms with Gasteiger partial charge >= 0.3 is 5.97 Å². The molecule has 0 aliphatic rings. The second-order valence-electron chi connectivity index (χ2n) is 2.36. The molecule has 76 valence electrons. The van der Waals surface area contributed by atoms with Gasteiger partial charge in [0, 0.05) is 7.05 Å². The van der Waals surface area contributed by atoms with Gasteiger partial charge in [-0.05, 0) is 0 Å². The molecule has 0 spiro atoms. The van der Waals surface area contributed by atoms with Crippen LogP contribution in [0.1, 0.15) is 10.4 Å². The number of ether oxygens (including phenoxy) is 2. The number of hydrogen-bond acceptors (Lipinski definition) is 6. The number of carbonyl (C=O) groups is 1. The van der Waals surface area contributed by atoms with Crippen LogP contribution < -0.4 is 10.1 Å². The van der Waals surface area contributed by atoms with E-state index in [1.54, 1.807) is 7.05 Å². The molecule has 0 fully saturated rings. The third-order valence-electron chi connectivity index (χ3n) is 1.58. The smallest absolute Gasteiger partial charge is 0.344 e. The Bertz CT molecular complexity index is 341. The minimum absolute atomic E-state index is 0.191. The number of anilines is 1. The summed E-state index contributed by atoms with van der Waals surface area (Å²) in [5.74, 6) is 0.0511. The van der Waals surface area contributed by atoms with Crippen LogP contribution in [-0.2, 0) is 4.74 Å². The van der Waals surface area contributed by atoms with Crippen LogP contribution >= 0.6 is 0 Å². The fourth-order valence-corrected chi connectivity index (χ4v) is 0.892. The molecule has 1 aromatic heterocycles. The Morgan fingerprint density at radius 2 is 2.21 bits per heavy atom. The lowest BCUT2D eigenvalue weighted by Gasteiger charge is -2.06. The Labute approximate surface area is 81.3 Å². The van der Waals surface area contributed by atoms with Gasteiger partial charge in [0.1, 0.15) is 5.56 Å². The van der Waals surface area contributed by atoms with Gasteiger partial charge < -0.3 is 14.8 Å². The zero-order valence-corrected chi connectivity index (χ0v) is 8.20. The Kier molecular flexibility index (Phi) is 3.22. The van der Waals surface area contributed by atoms with E-state index in [0.29, 0.717) is 5.95 Å². The Morgan fingerprint density at radius 3 is 2.71 bits per heavy atom. The number of rotatable bonds is 3. The predicted octanol–water partition coefficient (Wildman–Crippen LogP) is 0.313. The second kappa shape index (κ2) is 4.40. The molecule has 0 atom stereocenters. The second-order valence-corrected chi connectivity index (χ2v) is 2.36. The molecule has 1 aromatic rings. The van der Waals surface area contributed by atoms with Crippen molar-refractivity contribution in [2.75, 3.05) is 26.6 Å². The van der Waals surface area contributed by atoms with Crippen LogP contribution in [0.3, 0.4) is 0 Å². The summed E-state index contributed by atoms with van der Waals surface area (Å²) in [5, 5.41) is 2.73. The van der Waals surface area contributed by atoms with E-state index in [1.807, 2.05) is 0 Å². The standard InChI is InChI=1S/C8H11N3O3/c1-9-8-10-4-5(7(12)14-3)6(11-8)13-2/h4H,1-3H3,(H,9,10,11). The molecule has 0 aliphatic carbocycles. The van der Waals surface area contributed by atoms with Crippen LogP contribution in [0.5, 0.6) is 5.88 Å². The van der Waals surface area contributed by atoms with Gasteiger partial charge in [0.05, 0.1) is 20.4 Å². The summed E-state index contributed by atoms with van der Waals surface area (Å²) in [6.45, 7) is 0. The molecule has 1 N–H and O–H groups in total. The van der Waals surface area contributed by atoms with Crippen molar-refractivity contribution in [2.45, 2.75) is 0 Å². The van der Waals surface area contributed by atoms with E-state index in [-0.39, 0.29) is 11.4 Å². The number of nitrogens with one attached hydrogen (secondary N) is 1. The maximum absolute atomic E-state index is 11.2. The third-order valence-corrected chi connectivity index (χ3v) is 1.58. The van der Waals surface area contributed by atoms with Gasteiger partial charge in [-0.1, -0.05) is 0 Å². The Balaban J connectivity index is 3.11. The number of carbonyl (C=O) groups excluding carboxylic acids is 1. The molecule has 0 unspecified atom stereocenters. The van der Waals surface area contributed by atoms with Crippen molar-refractivity contribution in [2.24, 2.45) is 0 Å². The minimum atomic E-state index is -0.524. The first-order valence-electron chi connectivity index (χ1n) is 3.90. The van der Waals surface area contributed by atoms with Crippen LogP contribution in [0.15, 0.2) is 6.20 Å². The van der Waals surface area contributed by atoms with Crippen molar-refractivity contribution in [3.63, 3.8) is 0 Å². The first-order valence-corrected chi connectivity index (χ1v) is 3.90. The van der Waals surface area contributed by atoms with E-state index in [4.69, 9.17) is 4.74 Å². The summed E-state index contributed by atoms with van der Waals surface area (Å²) in [6.07, 6.45) is 1.35. The highest BCUT2D eigenvalue weighted by molar-refractivity contribution is 5.91. The first kappa shape index (κ1) is 10.2. The van der Waals surface area contributed by atoms with Crippen molar-refractivity contribution in [3.05, 3.63) is 11.8 Å². The maximum Gasteiger partial charge on any atom is 0.344 e. The van der Waals surface area contributed by atoms with Crippen LogP contribution in [0, 0.1) is 0 Å². The van der Waals surface area contributed by atoms with Gasteiger partial charge in [0.25, 0.3) is 0 Å². The average molecular weight is 197 g/mol. The fraction of sp³-hybridized carbons (Fsp3) is 0.375. The molecule has 14 heavy (non-hydrogen) atoms. The van der Waals surface area contributed by atoms with Gasteiger partial charge in [0.2, 0.25) is 11.8 Å². The van der Waals surface area contributed by atoms with Crippen LogP contribution in [-0.4, -0.2) is 37.2 Å². The van der Waals surface area contributed by atoms with Crippen molar-refractivity contribution in [1.29, 1.82) is 0 Å². The summed E-state index contributed by atoms with van der Waals surface area (Å²) in [5.41, 5.74) is 0.203. The summed E-state index contributed by atoms with van der Waals surface area (Å²) in [6, 6.07) is 0. The van der Waals surface area contributed by atoms with Crippen LogP contribution in [0.25, 0.3) is 0 Å². The molecule has 1 rings (SSSR count). The van der Waals surface area contributed by atoms with E-state index in [2.05, 4.69) is 20.0 Å². The summed E-state index contributed by atoms with van der Waals surface area (Å²) in [4.78, 5) is 19.0. The Morgan fingerprint density at radius 1 is 1.50 bits per heavy atom. The van der Waals surface area contributed by atoms with Crippen molar-refractivity contribution < 1.29 is 14.3 Å². The third kappa shape index (κ3) is 1.90. The molecule has 0 aromatic carbocycles. The van der Waals surface area contributed by atoms with E-state index in [0.717, 1.165) is 0 Å². The molecule has 0 saturated carbocycles. The quantitative estimate of drug-likeness (QED) is 0.703. The highest BCUT2D eigenvalue weighted by atomic mass is 16.5. The van der Waals surface area contributed by atoms with Gasteiger partial charge in [0.15, 0.2) is 0 Å². The largest absolute Gasteiger partial charge is 0.480 e. The normalized spacial score (nSPS) is 9.36. The lowest BCUT2D eigenvalue weighted by Crippen LogP contribution is -2.08. The number of methoxy groups -OCH3 is 2. The molecule has 0 bridgehead atoms. The van der Waals surface area contributed by atoms with E-state index >= 15 is 0 Å². The molecule has 0 amide bonds. The monoisotopic (exact) mass is 197 g/mol. The van der Waals surface area contributed by atoms with Crippen molar-refractivity contribution in [1.82, 2.24) is 9.97 Å². The number of hydrogen-bond donors (Lipinski definition) is 1. The van der Waals surface area contributed by atoms with Gasteiger partial charge in [-0.15, -0.1) is 0 Å². The Hall–Kier alpha value is -1.85. The van der Waals surface area contributed by atoms with Gasteiger partial charge in [-0.2, -0.15) is 4.98 Å². The van der Waals surface area contributed by atoms with Gasteiger partial charge in [-0.3, -0.25) is 0 Å². The number of nitrogens with zero attached hydrogens (tertiary/aromatic N) is 2. The highest BCUT2D eigenvalue weighted by Crippen LogP contribution is 2.16. The summed E-state index contributed by atoms with van der Waals surface area (Å²) >= 11 is 0. The average Bonchev–Trinajstić information content (AvgIpc) is 2.27. The lowest BCUT2D eigenvalue weighted by atomic mass is 10.3. The SMILES string of the molecule is CNc1ncc(C(=O)OC)c(OC)n1. The zero-order valence-electron chi connectivity index (χ0n) is 8.20. The van der Waals surface area contributed by atoms with E-state index in [9.17, 15) is 4.79 Å². The zero-order chi connectivity index (χ0) is 10.6. The molecule has 6 heteroatoms. The topological polar surface area (TPSA) is 73.3 Å². The maximum atomic E-state index is 11.2. The lowest BCUT2D eigenvalue weighted by molar-refractivity contribution is 0.0595. The van der Waals surface area contributed by atoms with Crippen molar-refractivity contribution >= 4 is 11.9 Å². The number of aromatic nitrogens is 2.